The SMILES string of the molecule is CS(=O)(=NC(=O)c1ccc(-c2cc(C(F)(F)F)on2)cc1)c1ccc(Cl)cc1. The lowest BCUT2D eigenvalue weighted by atomic mass is 10.1. The maximum Gasteiger partial charge on any atom is 0.452 e. The summed E-state index contributed by atoms with van der Waals surface area (Å²) < 4.78 is 58.5. The molecule has 10 heteroatoms. The number of alkyl halides is 3. The summed E-state index contributed by atoms with van der Waals surface area (Å²) in [4.78, 5) is 12.7. The molecule has 0 saturated carbocycles. The molecule has 0 aliphatic carbocycles. The standard InChI is InChI=1S/C18H12ClF3N2O3S/c1-28(26,14-8-6-13(19)7-9-14)24-17(25)12-4-2-11(3-5-12)15-10-16(27-23-15)18(20,21)22/h2-10H,1H3. The minimum Gasteiger partial charge on any atom is -0.351 e. The van der Waals surface area contributed by atoms with E-state index >= 15 is 0 Å². The molecular formula is C18H12ClF3N2O3S. The van der Waals surface area contributed by atoms with Crippen LogP contribution >= 0.6 is 11.6 Å². The third-order valence-electron chi connectivity index (χ3n) is 3.73. The molecule has 0 bridgehead atoms. The number of rotatable bonds is 3. The average molecular weight is 429 g/mol. The first-order valence-corrected chi connectivity index (χ1v) is 10.0. The van der Waals surface area contributed by atoms with E-state index in [1.165, 1.54) is 42.7 Å². The molecule has 0 N–H and O–H groups in total. The van der Waals surface area contributed by atoms with Crippen molar-refractivity contribution in [3.63, 3.8) is 0 Å². The molecule has 1 atom stereocenters. The number of hydrogen-bond donors (Lipinski definition) is 0. The van der Waals surface area contributed by atoms with Crippen LogP contribution in [0, 0.1) is 0 Å². The van der Waals surface area contributed by atoms with E-state index in [9.17, 15) is 22.2 Å². The van der Waals surface area contributed by atoms with Gasteiger partial charge in [-0.2, -0.15) is 17.5 Å². The van der Waals surface area contributed by atoms with Crippen LogP contribution in [0.25, 0.3) is 11.3 Å². The fourth-order valence-corrected chi connectivity index (χ4v) is 3.57. The molecule has 146 valence electrons. The van der Waals surface area contributed by atoms with E-state index in [4.69, 9.17) is 11.6 Å². The first kappa shape index (κ1) is 20.1. The van der Waals surface area contributed by atoms with Crippen molar-refractivity contribution < 1.29 is 26.7 Å². The normalized spacial score (nSPS) is 13.8. The van der Waals surface area contributed by atoms with Crippen LogP contribution in [0.2, 0.25) is 5.02 Å². The smallest absolute Gasteiger partial charge is 0.351 e. The number of halogens is 4. The second kappa shape index (κ2) is 7.40. The quantitative estimate of drug-likeness (QED) is 0.566. The molecule has 0 aliphatic heterocycles. The number of aromatic nitrogens is 1. The molecule has 3 rings (SSSR count). The van der Waals surface area contributed by atoms with Crippen LogP contribution in [0.15, 0.2) is 68.4 Å². The van der Waals surface area contributed by atoms with Crippen LogP contribution in [-0.2, 0) is 15.9 Å². The van der Waals surface area contributed by atoms with Gasteiger partial charge in [-0.05, 0) is 36.4 Å². The Morgan fingerprint density at radius 1 is 1.11 bits per heavy atom. The fraction of sp³-hybridized carbons (Fsp3) is 0.111. The van der Waals surface area contributed by atoms with Crippen LogP contribution in [0.5, 0.6) is 0 Å². The molecule has 1 amide bonds. The molecule has 0 saturated heterocycles. The predicted molar refractivity (Wildman–Crippen MR) is 97.5 cm³/mol. The van der Waals surface area contributed by atoms with Crippen molar-refractivity contribution in [2.75, 3.05) is 6.26 Å². The Balaban J connectivity index is 1.85. The van der Waals surface area contributed by atoms with Gasteiger partial charge in [0.15, 0.2) is 0 Å². The van der Waals surface area contributed by atoms with E-state index < -0.39 is 27.6 Å². The first-order valence-electron chi connectivity index (χ1n) is 7.73. The molecule has 28 heavy (non-hydrogen) atoms. The third kappa shape index (κ3) is 4.42. The average Bonchev–Trinajstić information content (AvgIpc) is 3.12. The van der Waals surface area contributed by atoms with Crippen LogP contribution < -0.4 is 0 Å². The maximum absolute atomic E-state index is 12.7. The minimum atomic E-state index is -4.64. The molecule has 1 unspecified atom stereocenters. The summed E-state index contributed by atoms with van der Waals surface area (Å²) in [6.07, 6.45) is -3.31. The highest BCUT2D eigenvalue weighted by Gasteiger charge is 2.36. The Hall–Kier alpha value is -2.65. The second-order valence-corrected chi connectivity index (χ2v) is 8.50. The third-order valence-corrected chi connectivity index (χ3v) is 5.64. The second-order valence-electron chi connectivity index (χ2n) is 5.80. The molecule has 3 aromatic rings. The van der Waals surface area contributed by atoms with Gasteiger partial charge >= 0.3 is 6.18 Å². The van der Waals surface area contributed by atoms with Crippen molar-refractivity contribution in [1.82, 2.24) is 5.16 Å². The van der Waals surface area contributed by atoms with Gasteiger partial charge in [-0.1, -0.05) is 28.9 Å². The number of hydrogen-bond acceptors (Lipinski definition) is 4. The van der Waals surface area contributed by atoms with Gasteiger partial charge in [-0.3, -0.25) is 4.79 Å². The lowest BCUT2D eigenvalue weighted by Crippen LogP contribution is -2.03. The van der Waals surface area contributed by atoms with Gasteiger partial charge in [0.05, 0.1) is 9.73 Å². The summed E-state index contributed by atoms with van der Waals surface area (Å²) >= 11 is 5.79. The van der Waals surface area contributed by atoms with Crippen LogP contribution in [-0.4, -0.2) is 21.5 Å². The van der Waals surface area contributed by atoms with Gasteiger partial charge in [-0.15, -0.1) is 0 Å². The Bertz CT molecular complexity index is 1130. The van der Waals surface area contributed by atoms with Crippen molar-refractivity contribution in [3.05, 3.63) is 70.9 Å². The van der Waals surface area contributed by atoms with Crippen molar-refractivity contribution in [1.29, 1.82) is 0 Å². The summed E-state index contributed by atoms with van der Waals surface area (Å²) in [5.74, 6) is -1.93. The molecule has 1 heterocycles. The highest BCUT2D eigenvalue weighted by atomic mass is 35.5. The number of amides is 1. The van der Waals surface area contributed by atoms with Crippen LogP contribution in [0.4, 0.5) is 13.2 Å². The number of carbonyl (C=O) groups excluding carboxylic acids is 1. The Labute approximate surface area is 163 Å². The van der Waals surface area contributed by atoms with Crippen molar-refractivity contribution >= 4 is 27.2 Å². The first-order chi connectivity index (χ1) is 13.1. The Morgan fingerprint density at radius 2 is 1.71 bits per heavy atom. The summed E-state index contributed by atoms with van der Waals surface area (Å²) in [5.41, 5.74) is 0.432. The highest BCUT2D eigenvalue weighted by molar-refractivity contribution is 7.93. The predicted octanol–water partition coefficient (Wildman–Crippen LogP) is 5.31. The van der Waals surface area contributed by atoms with Gasteiger partial charge in [0.1, 0.15) is 5.69 Å². The zero-order chi connectivity index (χ0) is 20.5. The van der Waals surface area contributed by atoms with Crippen LogP contribution in [0.3, 0.4) is 0 Å². The summed E-state index contributed by atoms with van der Waals surface area (Å²) in [6.45, 7) is 0. The van der Waals surface area contributed by atoms with E-state index in [0.29, 0.717) is 15.5 Å². The van der Waals surface area contributed by atoms with E-state index in [-0.39, 0.29) is 11.3 Å². The molecule has 5 nitrogen and oxygen atoms in total. The number of carbonyl (C=O) groups is 1. The van der Waals surface area contributed by atoms with E-state index in [1.54, 1.807) is 12.1 Å². The van der Waals surface area contributed by atoms with Gasteiger partial charge < -0.3 is 4.52 Å². The lowest BCUT2D eigenvalue weighted by molar-refractivity contribution is -0.155. The molecule has 0 spiro atoms. The molecule has 0 radical (unpaired) electrons. The molecule has 1 aromatic heterocycles. The fourth-order valence-electron chi connectivity index (χ4n) is 2.28. The Kier molecular flexibility index (Phi) is 5.31. The maximum atomic E-state index is 12.7. The monoisotopic (exact) mass is 428 g/mol. The van der Waals surface area contributed by atoms with Crippen molar-refractivity contribution in [2.24, 2.45) is 4.36 Å². The highest BCUT2D eigenvalue weighted by Crippen LogP contribution is 2.32. The molecule has 2 aromatic carbocycles. The van der Waals surface area contributed by atoms with Crippen LogP contribution in [0.1, 0.15) is 16.1 Å². The molecule has 0 fully saturated rings. The zero-order valence-electron chi connectivity index (χ0n) is 14.2. The van der Waals surface area contributed by atoms with Crippen molar-refractivity contribution in [2.45, 2.75) is 11.1 Å². The summed E-state index contributed by atoms with van der Waals surface area (Å²) in [7, 11) is -2.99. The Morgan fingerprint density at radius 3 is 2.25 bits per heavy atom. The number of benzene rings is 2. The van der Waals surface area contributed by atoms with E-state index in [2.05, 4.69) is 14.0 Å². The lowest BCUT2D eigenvalue weighted by Gasteiger charge is -2.04. The topological polar surface area (TPSA) is 72.5 Å². The summed E-state index contributed by atoms with van der Waals surface area (Å²) in [5, 5.41) is 3.83. The van der Waals surface area contributed by atoms with Crippen molar-refractivity contribution in [3.8, 4) is 11.3 Å². The number of nitrogens with zero attached hydrogens (tertiary/aromatic N) is 2. The molecule has 0 aliphatic rings. The minimum absolute atomic E-state index is 0.0243. The van der Waals surface area contributed by atoms with Gasteiger partial charge in [0.25, 0.3) is 5.91 Å². The summed E-state index contributed by atoms with van der Waals surface area (Å²) in [6, 6.07) is 12.4. The van der Waals surface area contributed by atoms with E-state index in [1.807, 2.05) is 0 Å². The van der Waals surface area contributed by atoms with E-state index in [0.717, 1.165) is 6.07 Å². The molecular weight excluding hydrogens is 417 g/mol. The largest absolute Gasteiger partial charge is 0.452 e. The van der Waals surface area contributed by atoms with Gasteiger partial charge in [0.2, 0.25) is 5.76 Å². The van der Waals surface area contributed by atoms with Gasteiger partial charge in [-0.25, -0.2) is 4.21 Å². The zero-order valence-corrected chi connectivity index (χ0v) is 15.8. The van der Waals surface area contributed by atoms with Gasteiger partial charge in [0, 0.05) is 33.4 Å².